The maximum atomic E-state index is 11.0. The molecule has 1 unspecified atom stereocenters. The highest BCUT2D eigenvalue weighted by Crippen LogP contribution is 2.29. The molecule has 0 aliphatic carbocycles. The van der Waals surface area contributed by atoms with Crippen molar-refractivity contribution in [2.45, 2.75) is 12.5 Å². The van der Waals surface area contributed by atoms with Crippen LogP contribution in [-0.2, 0) is 0 Å². The van der Waals surface area contributed by atoms with Gasteiger partial charge < -0.3 is 15.4 Å². The maximum Gasteiger partial charge on any atom is 0.296 e. The van der Waals surface area contributed by atoms with Gasteiger partial charge in [-0.1, -0.05) is 0 Å². The van der Waals surface area contributed by atoms with E-state index in [4.69, 9.17) is 4.74 Å². The van der Waals surface area contributed by atoms with Gasteiger partial charge in [-0.15, -0.1) is 0 Å². The summed E-state index contributed by atoms with van der Waals surface area (Å²) in [6, 6.07) is 5.10. The molecule has 1 aromatic rings. The average Bonchev–Trinajstić information content (AvgIpc) is 2.82. The average molecular weight is 237 g/mol. The highest BCUT2D eigenvalue weighted by Gasteiger charge is 2.20. The molecule has 0 radical (unpaired) electrons. The van der Waals surface area contributed by atoms with Crippen molar-refractivity contribution in [2.75, 3.05) is 25.5 Å². The van der Waals surface area contributed by atoms with Gasteiger partial charge in [0.1, 0.15) is 11.4 Å². The van der Waals surface area contributed by atoms with Crippen LogP contribution in [0.15, 0.2) is 18.2 Å². The predicted molar refractivity (Wildman–Crippen MR) is 64.5 cm³/mol. The van der Waals surface area contributed by atoms with E-state index in [1.54, 1.807) is 12.1 Å². The van der Waals surface area contributed by atoms with Crippen LogP contribution in [-0.4, -0.2) is 31.2 Å². The second-order valence-corrected chi connectivity index (χ2v) is 3.97. The molecule has 1 heterocycles. The SMILES string of the molecule is COc1ccc(NC2CCNC2)c([N+](=O)[O-])c1. The third kappa shape index (κ3) is 2.65. The maximum absolute atomic E-state index is 11.0. The minimum absolute atomic E-state index is 0.0521. The smallest absolute Gasteiger partial charge is 0.296 e. The lowest BCUT2D eigenvalue weighted by Crippen LogP contribution is -2.22. The summed E-state index contributed by atoms with van der Waals surface area (Å²) in [6.45, 7) is 1.78. The Kier molecular flexibility index (Phi) is 3.43. The monoisotopic (exact) mass is 237 g/mol. The van der Waals surface area contributed by atoms with E-state index in [0.29, 0.717) is 11.4 Å². The fourth-order valence-electron chi connectivity index (χ4n) is 1.91. The molecule has 1 atom stereocenters. The van der Waals surface area contributed by atoms with Crippen molar-refractivity contribution in [1.82, 2.24) is 5.32 Å². The Labute approximate surface area is 99.1 Å². The Morgan fingerprint density at radius 1 is 1.59 bits per heavy atom. The summed E-state index contributed by atoms with van der Waals surface area (Å²) < 4.78 is 4.99. The Morgan fingerprint density at radius 3 is 3.00 bits per heavy atom. The molecule has 0 bridgehead atoms. The van der Waals surface area contributed by atoms with Crippen molar-refractivity contribution in [3.05, 3.63) is 28.3 Å². The van der Waals surface area contributed by atoms with E-state index in [1.165, 1.54) is 13.2 Å². The number of ether oxygens (including phenoxy) is 1. The standard InChI is InChI=1S/C11H15N3O3/c1-17-9-2-3-10(11(6-9)14(15)16)13-8-4-5-12-7-8/h2-3,6,8,12-13H,4-5,7H2,1H3. The third-order valence-electron chi connectivity index (χ3n) is 2.82. The molecule has 6 nitrogen and oxygen atoms in total. The van der Waals surface area contributed by atoms with Crippen molar-refractivity contribution in [3.63, 3.8) is 0 Å². The fourth-order valence-corrected chi connectivity index (χ4v) is 1.91. The number of nitrogens with one attached hydrogen (secondary N) is 2. The molecule has 2 N–H and O–H groups in total. The van der Waals surface area contributed by atoms with Gasteiger partial charge in [0.15, 0.2) is 0 Å². The molecule has 1 aromatic carbocycles. The summed E-state index contributed by atoms with van der Waals surface area (Å²) in [5.74, 6) is 0.492. The lowest BCUT2D eigenvalue weighted by Gasteiger charge is -2.13. The molecule has 17 heavy (non-hydrogen) atoms. The summed E-state index contributed by atoms with van der Waals surface area (Å²) in [7, 11) is 1.49. The van der Waals surface area contributed by atoms with E-state index in [2.05, 4.69) is 10.6 Å². The molecule has 1 aliphatic rings. The van der Waals surface area contributed by atoms with Crippen LogP contribution in [0, 0.1) is 10.1 Å². The molecule has 0 aromatic heterocycles. The number of nitro benzene ring substituents is 1. The van der Waals surface area contributed by atoms with Gasteiger partial charge >= 0.3 is 0 Å². The topological polar surface area (TPSA) is 76.4 Å². The lowest BCUT2D eigenvalue weighted by molar-refractivity contribution is -0.384. The van der Waals surface area contributed by atoms with Gasteiger partial charge in [0.05, 0.1) is 18.1 Å². The van der Waals surface area contributed by atoms with Crippen LogP contribution in [0.5, 0.6) is 5.75 Å². The molecule has 6 heteroatoms. The van der Waals surface area contributed by atoms with E-state index in [1.807, 2.05) is 0 Å². The first-order valence-corrected chi connectivity index (χ1v) is 5.50. The zero-order chi connectivity index (χ0) is 12.3. The van der Waals surface area contributed by atoms with Crippen LogP contribution < -0.4 is 15.4 Å². The van der Waals surface area contributed by atoms with Crippen molar-refractivity contribution in [1.29, 1.82) is 0 Å². The summed E-state index contributed by atoms with van der Waals surface area (Å²) in [4.78, 5) is 10.6. The first-order chi connectivity index (χ1) is 8.20. The Bertz CT molecular complexity index is 416. The van der Waals surface area contributed by atoms with E-state index < -0.39 is 4.92 Å². The molecule has 0 amide bonds. The van der Waals surface area contributed by atoms with E-state index in [-0.39, 0.29) is 11.7 Å². The van der Waals surface area contributed by atoms with Gasteiger partial charge in [-0.2, -0.15) is 0 Å². The quantitative estimate of drug-likeness (QED) is 0.611. The van der Waals surface area contributed by atoms with Crippen LogP contribution in [0.2, 0.25) is 0 Å². The zero-order valence-electron chi connectivity index (χ0n) is 9.60. The number of nitro groups is 1. The number of hydrogen-bond donors (Lipinski definition) is 2. The van der Waals surface area contributed by atoms with Gasteiger partial charge in [0, 0.05) is 12.6 Å². The van der Waals surface area contributed by atoms with E-state index in [9.17, 15) is 10.1 Å². The zero-order valence-corrected chi connectivity index (χ0v) is 9.60. The molecule has 1 fully saturated rings. The number of methoxy groups -OCH3 is 1. The first kappa shape index (κ1) is 11.7. The van der Waals surface area contributed by atoms with Gasteiger partial charge in [0.2, 0.25) is 0 Å². The van der Waals surface area contributed by atoms with Crippen LogP contribution in [0.3, 0.4) is 0 Å². The van der Waals surface area contributed by atoms with Crippen molar-refractivity contribution >= 4 is 11.4 Å². The third-order valence-corrected chi connectivity index (χ3v) is 2.82. The van der Waals surface area contributed by atoms with Crippen LogP contribution in [0.4, 0.5) is 11.4 Å². The van der Waals surface area contributed by atoms with Gasteiger partial charge in [-0.3, -0.25) is 10.1 Å². The van der Waals surface area contributed by atoms with E-state index in [0.717, 1.165) is 19.5 Å². The summed E-state index contributed by atoms with van der Waals surface area (Å²) in [6.07, 6.45) is 0.975. The summed E-state index contributed by atoms with van der Waals surface area (Å²) in [5.41, 5.74) is 0.598. The molecule has 1 aliphatic heterocycles. The van der Waals surface area contributed by atoms with E-state index >= 15 is 0 Å². The highest BCUT2D eigenvalue weighted by molar-refractivity contribution is 5.64. The molecule has 2 rings (SSSR count). The van der Waals surface area contributed by atoms with Crippen molar-refractivity contribution in [2.24, 2.45) is 0 Å². The van der Waals surface area contributed by atoms with Gasteiger partial charge in [-0.05, 0) is 25.1 Å². The minimum atomic E-state index is -0.396. The van der Waals surface area contributed by atoms with Gasteiger partial charge in [0.25, 0.3) is 5.69 Å². The van der Waals surface area contributed by atoms with Gasteiger partial charge in [-0.25, -0.2) is 0 Å². The summed E-state index contributed by atoms with van der Waals surface area (Å²) in [5, 5.41) is 17.3. The number of nitrogens with zero attached hydrogens (tertiary/aromatic N) is 1. The Hall–Kier alpha value is -1.82. The van der Waals surface area contributed by atoms with Crippen molar-refractivity contribution in [3.8, 4) is 5.75 Å². The molecule has 92 valence electrons. The number of benzene rings is 1. The Morgan fingerprint density at radius 2 is 2.41 bits per heavy atom. The molecule has 0 saturated carbocycles. The summed E-state index contributed by atoms with van der Waals surface area (Å²) >= 11 is 0. The number of anilines is 1. The normalized spacial score (nSPS) is 19.0. The van der Waals surface area contributed by atoms with Crippen molar-refractivity contribution < 1.29 is 9.66 Å². The molecule has 1 saturated heterocycles. The Balaban J connectivity index is 2.22. The highest BCUT2D eigenvalue weighted by atomic mass is 16.6. The van der Waals surface area contributed by atoms with Crippen LogP contribution in [0.1, 0.15) is 6.42 Å². The predicted octanol–water partition coefficient (Wildman–Crippen LogP) is 1.38. The first-order valence-electron chi connectivity index (χ1n) is 5.50. The largest absolute Gasteiger partial charge is 0.496 e. The lowest BCUT2D eigenvalue weighted by atomic mass is 10.2. The molecule has 0 spiro atoms. The number of hydrogen-bond acceptors (Lipinski definition) is 5. The molecular weight excluding hydrogens is 222 g/mol. The fraction of sp³-hybridized carbons (Fsp3) is 0.455. The minimum Gasteiger partial charge on any atom is -0.496 e. The van der Waals surface area contributed by atoms with Crippen LogP contribution in [0.25, 0.3) is 0 Å². The number of rotatable bonds is 4. The second kappa shape index (κ2) is 5.01. The molecular formula is C11H15N3O3. The second-order valence-electron chi connectivity index (χ2n) is 3.97. The van der Waals surface area contributed by atoms with Crippen LogP contribution >= 0.6 is 0 Å².